The topological polar surface area (TPSA) is 29.3 Å². The lowest BCUT2D eigenvalue weighted by Crippen LogP contribution is -2.58. The van der Waals surface area contributed by atoms with Crippen LogP contribution in [0.1, 0.15) is 65.2 Å². The van der Waals surface area contributed by atoms with Crippen molar-refractivity contribution >= 4 is 0 Å². The molecule has 0 heterocycles. The predicted octanol–water partition coefficient (Wildman–Crippen LogP) is 3.40. The van der Waals surface area contributed by atoms with Gasteiger partial charge in [0.2, 0.25) is 0 Å². The molecular weight excluding hydrogens is 220 g/mol. The summed E-state index contributed by atoms with van der Waals surface area (Å²) in [7, 11) is 2.35. The van der Waals surface area contributed by atoms with Gasteiger partial charge in [0.15, 0.2) is 0 Å². The van der Waals surface area contributed by atoms with Crippen LogP contribution in [0.15, 0.2) is 0 Å². The molecule has 2 heteroatoms. The molecule has 2 rings (SSSR count). The standard InChI is InChI=1S/C16H32N2/c1-13-6-4-8-15(10-13)18(3)16(12-17)9-5-7-14(2)11-16/h13-15H,4-12,17H2,1-3H3. The summed E-state index contributed by atoms with van der Waals surface area (Å²) in [6.45, 7) is 5.66. The first-order chi connectivity index (χ1) is 8.57. The molecule has 0 saturated heterocycles. The molecular formula is C16H32N2. The van der Waals surface area contributed by atoms with Crippen molar-refractivity contribution < 1.29 is 0 Å². The van der Waals surface area contributed by atoms with E-state index >= 15 is 0 Å². The quantitative estimate of drug-likeness (QED) is 0.834. The maximum absolute atomic E-state index is 6.20. The van der Waals surface area contributed by atoms with E-state index in [0.717, 1.165) is 24.4 Å². The van der Waals surface area contributed by atoms with Gasteiger partial charge in [0.05, 0.1) is 0 Å². The molecule has 2 aliphatic rings. The SMILES string of the molecule is CC1CCCC(N(C)C2(CN)CCCC(C)C2)C1. The Morgan fingerprint density at radius 3 is 2.44 bits per heavy atom. The third-order valence-corrected chi connectivity index (χ3v) is 5.65. The van der Waals surface area contributed by atoms with E-state index < -0.39 is 0 Å². The van der Waals surface area contributed by atoms with Gasteiger partial charge in [-0.3, -0.25) is 4.90 Å². The molecule has 4 atom stereocenters. The number of rotatable bonds is 3. The Bertz CT molecular complexity index is 266. The number of likely N-dealkylation sites (N-methyl/N-ethyl adjacent to an activating group) is 1. The van der Waals surface area contributed by atoms with E-state index in [0.29, 0.717) is 5.54 Å². The molecule has 0 radical (unpaired) electrons. The third-order valence-electron chi connectivity index (χ3n) is 5.65. The molecule has 2 saturated carbocycles. The van der Waals surface area contributed by atoms with Gasteiger partial charge < -0.3 is 5.73 Å². The smallest absolute Gasteiger partial charge is 0.0334 e. The molecule has 0 aromatic rings. The Morgan fingerprint density at radius 1 is 1.11 bits per heavy atom. The van der Waals surface area contributed by atoms with Gasteiger partial charge in [0.1, 0.15) is 0 Å². The van der Waals surface area contributed by atoms with Gasteiger partial charge in [0.25, 0.3) is 0 Å². The minimum atomic E-state index is 0.305. The van der Waals surface area contributed by atoms with Crippen molar-refractivity contribution in [2.75, 3.05) is 13.6 Å². The van der Waals surface area contributed by atoms with Crippen LogP contribution >= 0.6 is 0 Å². The lowest BCUT2D eigenvalue weighted by Gasteiger charge is -2.50. The molecule has 2 fully saturated rings. The first-order valence-corrected chi connectivity index (χ1v) is 8.00. The van der Waals surface area contributed by atoms with Crippen LogP contribution < -0.4 is 5.73 Å². The average Bonchev–Trinajstić information content (AvgIpc) is 2.37. The molecule has 2 nitrogen and oxygen atoms in total. The summed E-state index contributed by atoms with van der Waals surface area (Å²) in [4.78, 5) is 2.69. The second-order valence-corrected chi connectivity index (χ2v) is 7.17. The van der Waals surface area contributed by atoms with Crippen molar-refractivity contribution in [3.63, 3.8) is 0 Å². The molecule has 106 valence electrons. The van der Waals surface area contributed by atoms with Crippen LogP contribution in [0, 0.1) is 11.8 Å². The van der Waals surface area contributed by atoms with Crippen LogP contribution in [0.25, 0.3) is 0 Å². The van der Waals surface area contributed by atoms with Crippen LogP contribution in [-0.4, -0.2) is 30.1 Å². The van der Waals surface area contributed by atoms with Gasteiger partial charge in [0, 0.05) is 18.1 Å². The predicted molar refractivity (Wildman–Crippen MR) is 78.6 cm³/mol. The van der Waals surface area contributed by atoms with Crippen molar-refractivity contribution in [3.05, 3.63) is 0 Å². The first kappa shape index (κ1) is 14.3. The van der Waals surface area contributed by atoms with Crippen LogP contribution in [0.3, 0.4) is 0 Å². The second-order valence-electron chi connectivity index (χ2n) is 7.17. The summed E-state index contributed by atoms with van der Waals surface area (Å²) in [5, 5.41) is 0. The fourth-order valence-corrected chi connectivity index (χ4v) is 4.42. The zero-order chi connectivity index (χ0) is 13.2. The van der Waals surface area contributed by atoms with Gasteiger partial charge in [-0.1, -0.05) is 39.5 Å². The van der Waals surface area contributed by atoms with Crippen molar-refractivity contribution in [2.24, 2.45) is 17.6 Å². The molecule has 0 aliphatic heterocycles. The zero-order valence-corrected chi connectivity index (χ0v) is 12.6. The summed E-state index contributed by atoms with van der Waals surface area (Å²) < 4.78 is 0. The Balaban J connectivity index is 2.06. The molecule has 4 unspecified atom stereocenters. The van der Waals surface area contributed by atoms with Crippen molar-refractivity contribution in [1.82, 2.24) is 4.90 Å². The van der Waals surface area contributed by atoms with Gasteiger partial charge in [-0.15, -0.1) is 0 Å². The summed E-state index contributed by atoms with van der Waals surface area (Å²) >= 11 is 0. The zero-order valence-electron chi connectivity index (χ0n) is 12.6. The number of hydrogen-bond donors (Lipinski definition) is 1. The normalized spacial score (nSPS) is 42.2. The first-order valence-electron chi connectivity index (χ1n) is 8.00. The summed E-state index contributed by atoms with van der Waals surface area (Å²) in [5.41, 5.74) is 6.51. The van der Waals surface area contributed by atoms with E-state index in [1.165, 1.54) is 51.4 Å². The Hall–Kier alpha value is -0.0800. The molecule has 0 aromatic heterocycles. The molecule has 2 aliphatic carbocycles. The summed E-state index contributed by atoms with van der Waals surface area (Å²) in [6.07, 6.45) is 11.0. The number of nitrogens with zero attached hydrogens (tertiary/aromatic N) is 1. The van der Waals surface area contributed by atoms with Gasteiger partial charge in [-0.25, -0.2) is 0 Å². The molecule has 0 spiro atoms. The third kappa shape index (κ3) is 2.91. The molecule has 0 bridgehead atoms. The van der Waals surface area contributed by atoms with Crippen molar-refractivity contribution in [2.45, 2.75) is 76.8 Å². The fourth-order valence-electron chi connectivity index (χ4n) is 4.42. The summed E-state index contributed by atoms with van der Waals surface area (Å²) in [5.74, 6) is 1.76. The fraction of sp³-hybridized carbons (Fsp3) is 1.00. The average molecular weight is 252 g/mol. The van der Waals surface area contributed by atoms with Crippen molar-refractivity contribution in [3.8, 4) is 0 Å². The molecule has 0 aromatic carbocycles. The maximum Gasteiger partial charge on any atom is 0.0334 e. The number of hydrogen-bond acceptors (Lipinski definition) is 2. The lowest BCUT2D eigenvalue weighted by molar-refractivity contribution is 0.00764. The Kier molecular flexibility index (Phi) is 4.71. The van der Waals surface area contributed by atoms with E-state index in [4.69, 9.17) is 5.73 Å². The minimum Gasteiger partial charge on any atom is -0.329 e. The van der Waals surface area contributed by atoms with Gasteiger partial charge >= 0.3 is 0 Å². The minimum absolute atomic E-state index is 0.305. The highest BCUT2D eigenvalue weighted by molar-refractivity contribution is 4.97. The van der Waals surface area contributed by atoms with Crippen LogP contribution in [-0.2, 0) is 0 Å². The maximum atomic E-state index is 6.20. The lowest BCUT2D eigenvalue weighted by atomic mass is 9.73. The van der Waals surface area contributed by atoms with E-state index in [1.807, 2.05) is 0 Å². The van der Waals surface area contributed by atoms with E-state index in [9.17, 15) is 0 Å². The highest BCUT2D eigenvalue weighted by Crippen LogP contribution is 2.39. The van der Waals surface area contributed by atoms with Gasteiger partial charge in [-0.2, -0.15) is 0 Å². The van der Waals surface area contributed by atoms with Crippen molar-refractivity contribution in [1.29, 1.82) is 0 Å². The van der Waals surface area contributed by atoms with E-state index in [2.05, 4.69) is 25.8 Å². The molecule has 0 amide bonds. The Morgan fingerprint density at radius 2 is 1.83 bits per heavy atom. The van der Waals surface area contributed by atoms with Crippen LogP contribution in [0.2, 0.25) is 0 Å². The second kappa shape index (κ2) is 5.92. The van der Waals surface area contributed by atoms with Crippen LogP contribution in [0.5, 0.6) is 0 Å². The van der Waals surface area contributed by atoms with Gasteiger partial charge in [-0.05, 0) is 44.6 Å². The van der Waals surface area contributed by atoms with Crippen LogP contribution in [0.4, 0.5) is 0 Å². The molecule has 2 N–H and O–H groups in total. The van der Waals surface area contributed by atoms with E-state index in [-0.39, 0.29) is 0 Å². The largest absolute Gasteiger partial charge is 0.329 e. The number of nitrogens with two attached hydrogens (primary N) is 1. The Labute approximate surface area is 113 Å². The summed E-state index contributed by atoms with van der Waals surface area (Å²) in [6, 6.07) is 0.780. The molecule has 18 heavy (non-hydrogen) atoms. The van der Waals surface area contributed by atoms with E-state index in [1.54, 1.807) is 0 Å². The highest BCUT2D eigenvalue weighted by Gasteiger charge is 2.40. The highest BCUT2D eigenvalue weighted by atomic mass is 15.2. The monoisotopic (exact) mass is 252 g/mol.